The van der Waals surface area contributed by atoms with E-state index in [9.17, 15) is 4.57 Å². The first kappa shape index (κ1) is 14.0. The summed E-state index contributed by atoms with van der Waals surface area (Å²) in [5.41, 5.74) is 4.93. The van der Waals surface area contributed by atoms with E-state index in [4.69, 9.17) is 14.8 Å². The molecule has 0 aromatic carbocycles. The third-order valence-corrected chi connectivity index (χ3v) is 3.45. The summed E-state index contributed by atoms with van der Waals surface area (Å²) in [5, 5.41) is 0. The predicted octanol–water partition coefficient (Wildman–Crippen LogP) is 2.60. The summed E-state index contributed by atoms with van der Waals surface area (Å²) >= 11 is 0. The van der Waals surface area contributed by atoms with Gasteiger partial charge in [-0.3, -0.25) is 0 Å². The van der Waals surface area contributed by atoms with E-state index >= 15 is 0 Å². The quantitative estimate of drug-likeness (QED) is 0.641. The van der Waals surface area contributed by atoms with Crippen LogP contribution in [0.5, 0.6) is 0 Å². The molecule has 0 spiro atoms. The van der Waals surface area contributed by atoms with Crippen LogP contribution in [0.15, 0.2) is 0 Å². The van der Waals surface area contributed by atoms with Crippen molar-refractivity contribution in [3.8, 4) is 0 Å². The van der Waals surface area contributed by atoms with Gasteiger partial charge in [-0.2, -0.15) is 0 Å². The van der Waals surface area contributed by atoms with Crippen LogP contribution in [0.1, 0.15) is 40.0 Å². The summed E-state index contributed by atoms with van der Waals surface area (Å²) in [4.78, 5) is 0. The van der Waals surface area contributed by atoms with Gasteiger partial charge in [-0.1, -0.05) is 20.8 Å². The lowest BCUT2D eigenvalue weighted by Crippen LogP contribution is -2.27. The largest absolute Gasteiger partial charge is 0.698 e. The average Bonchev–Trinajstić information content (AvgIpc) is 2.23. The molecule has 0 fully saturated rings. The summed E-state index contributed by atoms with van der Waals surface area (Å²) in [5.74, 6) is 0. The minimum Gasteiger partial charge on any atom is -0.328 e. The Kier molecular flexibility index (Phi) is 7.28. The van der Waals surface area contributed by atoms with E-state index in [0.717, 1.165) is 19.3 Å². The van der Waals surface area contributed by atoms with Gasteiger partial charge in [0, 0.05) is 11.1 Å². The maximum Gasteiger partial charge on any atom is 0.698 e. The van der Waals surface area contributed by atoms with Gasteiger partial charge in [0.1, 0.15) is 12.2 Å². The molecule has 14 heavy (non-hydrogen) atoms. The Bertz CT molecular complexity index is 163. The van der Waals surface area contributed by atoms with Gasteiger partial charge in [0.15, 0.2) is 0 Å². The smallest absolute Gasteiger partial charge is 0.328 e. The maximum atomic E-state index is 11.3. The number of hydrogen-bond acceptors (Lipinski definition) is 4. The van der Waals surface area contributed by atoms with Crippen molar-refractivity contribution in [2.45, 2.75) is 45.6 Å². The lowest BCUT2D eigenvalue weighted by molar-refractivity contribution is 0.0451. The molecule has 0 rings (SSSR count). The molecule has 0 aliphatic heterocycles. The molecular formula is C9H21NO3P+. The third kappa shape index (κ3) is 4.47. The average molecular weight is 222 g/mol. The van der Waals surface area contributed by atoms with Crippen molar-refractivity contribution in [2.24, 2.45) is 5.73 Å². The van der Waals surface area contributed by atoms with E-state index in [-0.39, 0.29) is 12.2 Å². The fourth-order valence-electron chi connectivity index (χ4n) is 1.26. The third-order valence-electron chi connectivity index (χ3n) is 2.52. The molecule has 0 aromatic heterocycles. The van der Waals surface area contributed by atoms with E-state index in [1.165, 1.54) is 0 Å². The van der Waals surface area contributed by atoms with Crippen LogP contribution >= 0.6 is 8.25 Å². The monoisotopic (exact) mass is 222 g/mol. The molecule has 1 unspecified atom stereocenters. The molecule has 1 atom stereocenters. The van der Waals surface area contributed by atoms with Crippen molar-refractivity contribution in [1.29, 1.82) is 0 Å². The normalized spacial score (nSPS) is 13.0. The minimum absolute atomic E-state index is 0.280. The molecule has 0 bridgehead atoms. The molecule has 0 saturated carbocycles. The molecule has 5 heteroatoms. The Hall–Kier alpha value is -0.0200. The first-order valence-electron chi connectivity index (χ1n) is 5.13. The summed E-state index contributed by atoms with van der Waals surface area (Å²) in [7, 11) is -2.02. The summed E-state index contributed by atoms with van der Waals surface area (Å²) in [6, 6.07) is 0. The second-order valence-electron chi connectivity index (χ2n) is 3.18. The van der Waals surface area contributed by atoms with Crippen LogP contribution in [0.25, 0.3) is 0 Å². The van der Waals surface area contributed by atoms with Crippen LogP contribution in [0, 0.1) is 0 Å². The first-order valence-corrected chi connectivity index (χ1v) is 6.23. The molecule has 2 N–H and O–H groups in total. The van der Waals surface area contributed by atoms with Gasteiger partial charge in [0.25, 0.3) is 0 Å². The van der Waals surface area contributed by atoms with E-state index in [0.29, 0.717) is 6.54 Å². The van der Waals surface area contributed by atoms with Gasteiger partial charge >= 0.3 is 8.25 Å². The molecule has 0 heterocycles. The topological polar surface area (TPSA) is 61.5 Å². The van der Waals surface area contributed by atoms with Gasteiger partial charge in [-0.25, -0.2) is 0 Å². The van der Waals surface area contributed by atoms with E-state index in [2.05, 4.69) is 0 Å². The Morgan fingerprint density at radius 2 is 1.71 bits per heavy atom. The van der Waals surface area contributed by atoms with Crippen LogP contribution in [0.3, 0.4) is 0 Å². The summed E-state index contributed by atoms with van der Waals surface area (Å²) < 4.78 is 21.7. The predicted molar refractivity (Wildman–Crippen MR) is 57.3 cm³/mol. The highest BCUT2D eigenvalue weighted by molar-refractivity contribution is 7.33. The summed E-state index contributed by atoms with van der Waals surface area (Å²) in [6.07, 6.45) is 2.52. The maximum absolute atomic E-state index is 11.3. The molecule has 0 saturated heterocycles. The van der Waals surface area contributed by atoms with Gasteiger partial charge in [-0.05, 0) is 19.3 Å². The molecule has 0 aromatic rings. The summed E-state index contributed by atoms with van der Waals surface area (Å²) in [6.45, 7) is 6.72. The van der Waals surface area contributed by atoms with Gasteiger partial charge < -0.3 is 5.73 Å². The second kappa shape index (κ2) is 7.30. The van der Waals surface area contributed by atoms with Gasteiger partial charge in [0.2, 0.25) is 0 Å². The van der Waals surface area contributed by atoms with Crippen molar-refractivity contribution in [3.05, 3.63) is 0 Å². The lowest BCUT2D eigenvalue weighted by atomic mass is 9.95. The molecule has 0 aliphatic rings. The van der Waals surface area contributed by atoms with Crippen LogP contribution in [-0.4, -0.2) is 18.8 Å². The molecule has 0 aliphatic carbocycles. The van der Waals surface area contributed by atoms with Crippen molar-refractivity contribution in [3.63, 3.8) is 0 Å². The van der Waals surface area contributed by atoms with Crippen LogP contribution < -0.4 is 5.73 Å². The Balaban J connectivity index is 4.08. The zero-order valence-electron chi connectivity index (χ0n) is 9.28. The molecule has 4 nitrogen and oxygen atoms in total. The fraction of sp³-hybridized carbons (Fsp3) is 1.00. The minimum atomic E-state index is -2.02. The zero-order chi connectivity index (χ0) is 11.0. The number of nitrogens with two attached hydrogens (primary N) is 1. The SMILES string of the molecule is CCC(CC)(CC)O[P+](=O)OCCN. The highest BCUT2D eigenvalue weighted by Crippen LogP contribution is 2.37. The van der Waals surface area contributed by atoms with Crippen LogP contribution in [0.2, 0.25) is 0 Å². The van der Waals surface area contributed by atoms with Crippen LogP contribution in [-0.2, 0) is 13.6 Å². The Labute approximate surface area is 87.1 Å². The number of hydrogen-bond donors (Lipinski definition) is 1. The first-order chi connectivity index (χ1) is 6.64. The molecule has 0 amide bonds. The number of rotatable bonds is 8. The molecular weight excluding hydrogens is 201 g/mol. The Morgan fingerprint density at radius 1 is 1.21 bits per heavy atom. The van der Waals surface area contributed by atoms with Crippen molar-refractivity contribution in [2.75, 3.05) is 13.2 Å². The second-order valence-corrected chi connectivity index (χ2v) is 4.07. The van der Waals surface area contributed by atoms with Gasteiger partial charge in [0.05, 0.1) is 0 Å². The molecule has 0 radical (unpaired) electrons. The molecule has 84 valence electrons. The van der Waals surface area contributed by atoms with Crippen molar-refractivity contribution in [1.82, 2.24) is 0 Å². The highest BCUT2D eigenvalue weighted by Gasteiger charge is 2.37. The van der Waals surface area contributed by atoms with E-state index in [1.54, 1.807) is 0 Å². The van der Waals surface area contributed by atoms with Crippen molar-refractivity contribution < 1.29 is 13.6 Å². The standard InChI is InChI=1S/C9H21NO3P/c1-4-9(5-2,6-3)13-14(11)12-8-7-10/h4-8,10H2,1-3H3/q+1. The lowest BCUT2D eigenvalue weighted by Gasteiger charge is -2.22. The van der Waals surface area contributed by atoms with Crippen molar-refractivity contribution >= 4 is 8.25 Å². The zero-order valence-corrected chi connectivity index (χ0v) is 10.2. The van der Waals surface area contributed by atoms with E-state index in [1.807, 2.05) is 20.8 Å². The fourth-order valence-corrected chi connectivity index (χ4v) is 2.27. The highest BCUT2D eigenvalue weighted by atomic mass is 31.1. The van der Waals surface area contributed by atoms with Gasteiger partial charge in [-0.15, -0.1) is 9.05 Å². The van der Waals surface area contributed by atoms with E-state index < -0.39 is 8.25 Å². The van der Waals surface area contributed by atoms with Crippen LogP contribution in [0.4, 0.5) is 0 Å². The Morgan fingerprint density at radius 3 is 2.07 bits per heavy atom.